The zero-order valence-corrected chi connectivity index (χ0v) is 9.47. The van der Waals surface area contributed by atoms with Gasteiger partial charge in [-0.3, -0.25) is 5.32 Å². The molecular formula is C14H13NO2. The van der Waals surface area contributed by atoms with Gasteiger partial charge in [0, 0.05) is 11.1 Å². The smallest absolute Gasteiger partial charge is 0.177 e. The van der Waals surface area contributed by atoms with Gasteiger partial charge in [0.15, 0.2) is 6.23 Å². The van der Waals surface area contributed by atoms with E-state index in [0.29, 0.717) is 0 Å². The SMILES string of the molecule is CNC1Oc2ccccc2-c2ccc(O)cc21. The molecule has 1 aliphatic heterocycles. The van der Waals surface area contributed by atoms with Crippen molar-refractivity contribution in [3.05, 3.63) is 48.0 Å². The van der Waals surface area contributed by atoms with Crippen molar-refractivity contribution in [2.45, 2.75) is 6.23 Å². The van der Waals surface area contributed by atoms with Crippen molar-refractivity contribution in [1.29, 1.82) is 0 Å². The first kappa shape index (κ1) is 10.2. The van der Waals surface area contributed by atoms with Gasteiger partial charge in [0.2, 0.25) is 0 Å². The quantitative estimate of drug-likeness (QED) is 0.787. The largest absolute Gasteiger partial charge is 0.508 e. The van der Waals surface area contributed by atoms with Crippen LogP contribution in [-0.2, 0) is 0 Å². The van der Waals surface area contributed by atoms with Crippen LogP contribution in [0.4, 0.5) is 0 Å². The third kappa shape index (κ3) is 1.56. The summed E-state index contributed by atoms with van der Waals surface area (Å²) in [6.45, 7) is 0. The molecule has 0 saturated heterocycles. The number of phenols is 1. The third-order valence-electron chi connectivity index (χ3n) is 3.00. The van der Waals surface area contributed by atoms with E-state index in [9.17, 15) is 5.11 Å². The molecule has 0 amide bonds. The van der Waals surface area contributed by atoms with Crippen LogP contribution in [-0.4, -0.2) is 12.2 Å². The van der Waals surface area contributed by atoms with Crippen molar-refractivity contribution < 1.29 is 9.84 Å². The van der Waals surface area contributed by atoms with Crippen LogP contribution in [0.3, 0.4) is 0 Å². The molecule has 0 fully saturated rings. The number of para-hydroxylation sites is 1. The first-order valence-electron chi connectivity index (χ1n) is 5.56. The number of fused-ring (bicyclic) bond motifs is 3. The van der Waals surface area contributed by atoms with E-state index in [1.54, 1.807) is 12.1 Å². The molecule has 2 aromatic rings. The molecule has 2 aromatic carbocycles. The van der Waals surface area contributed by atoms with Crippen molar-refractivity contribution >= 4 is 0 Å². The van der Waals surface area contributed by atoms with E-state index in [1.165, 1.54) is 0 Å². The van der Waals surface area contributed by atoms with Gasteiger partial charge in [-0.1, -0.05) is 24.3 Å². The van der Waals surface area contributed by atoms with Gasteiger partial charge in [-0.05, 0) is 30.8 Å². The van der Waals surface area contributed by atoms with Gasteiger partial charge in [0.1, 0.15) is 11.5 Å². The van der Waals surface area contributed by atoms with Crippen LogP contribution >= 0.6 is 0 Å². The number of hydrogen-bond donors (Lipinski definition) is 2. The molecule has 0 saturated carbocycles. The zero-order chi connectivity index (χ0) is 11.8. The average molecular weight is 227 g/mol. The fraction of sp³-hybridized carbons (Fsp3) is 0.143. The highest BCUT2D eigenvalue weighted by atomic mass is 16.5. The molecule has 86 valence electrons. The Morgan fingerprint density at radius 3 is 2.76 bits per heavy atom. The molecule has 1 heterocycles. The van der Waals surface area contributed by atoms with Gasteiger partial charge < -0.3 is 9.84 Å². The number of nitrogens with one attached hydrogen (secondary N) is 1. The minimum absolute atomic E-state index is 0.216. The second kappa shape index (κ2) is 3.79. The normalized spacial score (nSPS) is 16.9. The lowest BCUT2D eigenvalue weighted by atomic mass is 9.95. The van der Waals surface area contributed by atoms with Crippen LogP contribution < -0.4 is 10.1 Å². The van der Waals surface area contributed by atoms with Gasteiger partial charge in [-0.15, -0.1) is 0 Å². The lowest BCUT2D eigenvalue weighted by Gasteiger charge is -2.28. The number of aromatic hydroxyl groups is 1. The minimum Gasteiger partial charge on any atom is -0.508 e. The van der Waals surface area contributed by atoms with Crippen LogP contribution in [0.25, 0.3) is 11.1 Å². The second-order valence-corrected chi connectivity index (χ2v) is 4.05. The number of benzene rings is 2. The van der Waals surface area contributed by atoms with E-state index in [-0.39, 0.29) is 12.0 Å². The summed E-state index contributed by atoms with van der Waals surface area (Å²) in [6, 6.07) is 13.3. The third-order valence-corrected chi connectivity index (χ3v) is 3.00. The summed E-state index contributed by atoms with van der Waals surface area (Å²) in [6.07, 6.45) is -0.216. The van der Waals surface area contributed by atoms with Crippen LogP contribution in [0.15, 0.2) is 42.5 Å². The Morgan fingerprint density at radius 1 is 1.12 bits per heavy atom. The van der Waals surface area contributed by atoms with Gasteiger partial charge in [-0.25, -0.2) is 0 Å². The molecule has 0 radical (unpaired) electrons. The predicted molar refractivity (Wildman–Crippen MR) is 66.0 cm³/mol. The highest BCUT2D eigenvalue weighted by molar-refractivity contribution is 5.76. The first-order chi connectivity index (χ1) is 8.29. The topological polar surface area (TPSA) is 41.5 Å². The van der Waals surface area contributed by atoms with E-state index >= 15 is 0 Å². The molecule has 3 rings (SSSR count). The average Bonchev–Trinajstić information content (AvgIpc) is 2.37. The number of hydrogen-bond acceptors (Lipinski definition) is 3. The molecule has 2 N–H and O–H groups in total. The summed E-state index contributed by atoms with van der Waals surface area (Å²) >= 11 is 0. The summed E-state index contributed by atoms with van der Waals surface area (Å²) in [5.41, 5.74) is 3.13. The molecule has 1 aliphatic rings. The first-order valence-corrected chi connectivity index (χ1v) is 5.56. The van der Waals surface area contributed by atoms with E-state index in [1.807, 2.05) is 37.4 Å². The van der Waals surface area contributed by atoms with E-state index in [2.05, 4.69) is 5.32 Å². The number of rotatable bonds is 1. The molecule has 1 unspecified atom stereocenters. The molecule has 0 aliphatic carbocycles. The monoisotopic (exact) mass is 227 g/mol. The van der Waals surface area contributed by atoms with Crippen LogP contribution in [0.1, 0.15) is 11.8 Å². The maximum absolute atomic E-state index is 9.57. The van der Waals surface area contributed by atoms with E-state index in [0.717, 1.165) is 22.4 Å². The molecule has 0 bridgehead atoms. The second-order valence-electron chi connectivity index (χ2n) is 4.05. The van der Waals surface area contributed by atoms with Gasteiger partial charge in [-0.2, -0.15) is 0 Å². The van der Waals surface area contributed by atoms with Crippen LogP contribution in [0.2, 0.25) is 0 Å². The van der Waals surface area contributed by atoms with Crippen molar-refractivity contribution in [2.24, 2.45) is 0 Å². The summed E-state index contributed by atoms with van der Waals surface area (Å²) < 4.78 is 5.84. The fourth-order valence-electron chi connectivity index (χ4n) is 2.21. The lowest BCUT2D eigenvalue weighted by Crippen LogP contribution is -2.25. The minimum atomic E-state index is -0.216. The Balaban J connectivity index is 2.25. The summed E-state index contributed by atoms with van der Waals surface area (Å²) in [5, 5.41) is 12.7. The number of ether oxygens (including phenoxy) is 1. The fourth-order valence-corrected chi connectivity index (χ4v) is 2.21. The summed E-state index contributed by atoms with van der Waals surface area (Å²) in [4.78, 5) is 0. The van der Waals surface area contributed by atoms with Gasteiger partial charge >= 0.3 is 0 Å². The van der Waals surface area contributed by atoms with Crippen molar-refractivity contribution in [2.75, 3.05) is 7.05 Å². The van der Waals surface area contributed by atoms with Gasteiger partial charge in [0.05, 0.1) is 0 Å². The summed E-state index contributed by atoms with van der Waals surface area (Å²) in [5.74, 6) is 1.12. The molecule has 0 aromatic heterocycles. The lowest BCUT2D eigenvalue weighted by molar-refractivity contribution is 0.173. The molecule has 1 atom stereocenters. The van der Waals surface area contributed by atoms with Crippen LogP contribution in [0, 0.1) is 0 Å². The standard InChI is InChI=1S/C14H13NO2/c1-15-14-12-8-9(16)6-7-10(12)11-4-2-3-5-13(11)17-14/h2-8,14-16H,1H3. The molecular weight excluding hydrogens is 214 g/mol. The van der Waals surface area contributed by atoms with E-state index < -0.39 is 0 Å². The Kier molecular flexibility index (Phi) is 2.27. The highest BCUT2D eigenvalue weighted by Gasteiger charge is 2.24. The van der Waals surface area contributed by atoms with E-state index in [4.69, 9.17) is 4.74 Å². The Morgan fingerprint density at radius 2 is 1.94 bits per heavy atom. The highest BCUT2D eigenvalue weighted by Crippen LogP contribution is 2.42. The Bertz CT molecular complexity index is 566. The maximum Gasteiger partial charge on any atom is 0.177 e. The van der Waals surface area contributed by atoms with Crippen molar-refractivity contribution in [3.8, 4) is 22.6 Å². The van der Waals surface area contributed by atoms with Gasteiger partial charge in [0.25, 0.3) is 0 Å². The molecule has 0 spiro atoms. The molecule has 3 nitrogen and oxygen atoms in total. The Hall–Kier alpha value is -2.00. The van der Waals surface area contributed by atoms with Crippen molar-refractivity contribution in [1.82, 2.24) is 5.32 Å². The zero-order valence-electron chi connectivity index (χ0n) is 9.47. The summed E-state index contributed by atoms with van der Waals surface area (Å²) in [7, 11) is 1.84. The number of phenolic OH excluding ortho intramolecular Hbond substituents is 1. The molecule has 17 heavy (non-hydrogen) atoms. The Labute approximate surface area is 99.7 Å². The maximum atomic E-state index is 9.57. The molecule has 3 heteroatoms. The predicted octanol–water partition coefficient (Wildman–Crippen LogP) is 2.67. The van der Waals surface area contributed by atoms with Crippen LogP contribution in [0.5, 0.6) is 11.5 Å². The van der Waals surface area contributed by atoms with Crippen molar-refractivity contribution in [3.63, 3.8) is 0 Å².